The zero-order valence-electron chi connectivity index (χ0n) is 21.2. The third-order valence-electron chi connectivity index (χ3n) is 7.44. The fraction of sp³-hybridized carbons (Fsp3) is 0.419. The summed E-state index contributed by atoms with van der Waals surface area (Å²) < 4.78 is 0. The lowest BCUT2D eigenvalue weighted by atomic mass is 9.92. The molecule has 1 aliphatic rings. The summed E-state index contributed by atoms with van der Waals surface area (Å²) in [5, 5.41) is 9.36. The molecule has 1 aliphatic carbocycles. The maximum absolute atomic E-state index is 12.2. The topological polar surface area (TPSA) is 69.8 Å². The molecule has 5 nitrogen and oxygen atoms in total. The van der Waals surface area contributed by atoms with Crippen LogP contribution >= 0.6 is 0 Å². The maximum atomic E-state index is 12.2. The summed E-state index contributed by atoms with van der Waals surface area (Å²) in [7, 11) is 0. The lowest BCUT2D eigenvalue weighted by molar-refractivity contribution is -0.121. The van der Waals surface area contributed by atoms with Crippen LogP contribution < -0.4 is 10.6 Å². The monoisotopic (exact) mass is 482 g/mol. The molecule has 2 aromatic heterocycles. The Morgan fingerprint density at radius 1 is 0.861 bits per heavy atom. The van der Waals surface area contributed by atoms with Gasteiger partial charge in [0.25, 0.3) is 0 Å². The number of pyridine rings is 1. The first-order chi connectivity index (χ1) is 17.8. The van der Waals surface area contributed by atoms with Gasteiger partial charge in [0.15, 0.2) is 0 Å². The highest BCUT2D eigenvalue weighted by Gasteiger charge is 2.17. The number of hydrogen-bond acceptors (Lipinski definition) is 3. The predicted molar refractivity (Wildman–Crippen MR) is 150 cm³/mol. The molecule has 0 saturated heterocycles. The Hall–Kier alpha value is -3.34. The minimum absolute atomic E-state index is 0.172. The number of aromatic nitrogens is 2. The van der Waals surface area contributed by atoms with Gasteiger partial charge in [0, 0.05) is 53.4 Å². The molecule has 0 bridgehead atoms. The minimum atomic E-state index is 0.172. The number of carbonyl (C=O) groups is 1. The van der Waals surface area contributed by atoms with E-state index < -0.39 is 0 Å². The standard InChI is InChI=1S/C31H38N4O/c36-30(32-21-19-23-22-34-27-15-8-5-12-24(23)27)18-4-2-1-3-11-20-33-31-25-13-6-9-16-28(25)35-29-17-10-7-14-26(29)31/h5-6,8-9,12-13,15-16,22,34H,1-4,7,10-11,14,17-21H2,(H,32,36)(H,33,35). The summed E-state index contributed by atoms with van der Waals surface area (Å²) >= 11 is 0. The number of nitrogens with zero attached hydrogens (tertiary/aromatic N) is 1. The Labute approximate surface area is 214 Å². The summed E-state index contributed by atoms with van der Waals surface area (Å²) in [6.45, 7) is 1.69. The average Bonchev–Trinajstić information content (AvgIpc) is 3.32. The van der Waals surface area contributed by atoms with Crippen molar-refractivity contribution >= 4 is 33.4 Å². The number of anilines is 1. The van der Waals surface area contributed by atoms with Gasteiger partial charge >= 0.3 is 0 Å². The van der Waals surface area contributed by atoms with E-state index in [-0.39, 0.29) is 5.91 Å². The fourth-order valence-corrected chi connectivity index (χ4v) is 5.49. The number of H-pyrrole nitrogens is 1. The number of nitrogens with one attached hydrogen (secondary N) is 3. The average molecular weight is 483 g/mol. The van der Waals surface area contributed by atoms with E-state index >= 15 is 0 Å². The molecule has 2 aromatic carbocycles. The van der Waals surface area contributed by atoms with Crippen LogP contribution in [0.25, 0.3) is 21.8 Å². The van der Waals surface area contributed by atoms with Crippen molar-refractivity contribution < 1.29 is 4.79 Å². The highest BCUT2D eigenvalue weighted by molar-refractivity contribution is 5.93. The lowest BCUT2D eigenvalue weighted by Crippen LogP contribution is -2.25. The molecule has 3 N–H and O–H groups in total. The molecule has 0 atom stereocenters. The Morgan fingerprint density at radius 3 is 2.58 bits per heavy atom. The number of aromatic amines is 1. The maximum Gasteiger partial charge on any atom is 0.220 e. The molecular weight excluding hydrogens is 444 g/mol. The lowest BCUT2D eigenvalue weighted by Gasteiger charge is -2.21. The quantitative estimate of drug-likeness (QED) is 0.197. The number of benzene rings is 2. The van der Waals surface area contributed by atoms with Gasteiger partial charge in [0.2, 0.25) is 5.91 Å². The van der Waals surface area contributed by atoms with Gasteiger partial charge in [0.05, 0.1) is 5.52 Å². The summed E-state index contributed by atoms with van der Waals surface area (Å²) in [6.07, 6.45) is 13.9. The number of para-hydroxylation sites is 2. The molecule has 1 amide bonds. The molecule has 0 aliphatic heterocycles. The summed E-state index contributed by atoms with van der Waals surface area (Å²) in [5.41, 5.74) is 7.58. The van der Waals surface area contributed by atoms with Gasteiger partial charge in [-0.3, -0.25) is 9.78 Å². The van der Waals surface area contributed by atoms with Gasteiger partial charge in [-0.05, 0) is 68.2 Å². The second-order valence-electron chi connectivity index (χ2n) is 10.0. The first-order valence-electron chi connectivity index (χ1n) is 13.8. The van der Waals surface area contributed by atoms with Gasteiger partial charge in [0.1, 0.15) is 0 Å². The van der Waals surface area contributed by atoms with Crippen LogP contribution in [0.5, 0.6) is 0 Å². The highest BCUT2D eigenvalue weighted by atomic mass is 16.1. The van der Waals surface area contributed by atoms with E-state index in [9.17, 15) is 4.79 Å². The number of rotatable bonds is 12. The van der Waals surface area contributed by atoms with Gasteiger partial charge < -0.3 is 15.6 Å². The van der Waals surface area contributed by atoms with Crippen molar-refractivity contribution in [3.8, 4) is 0 Å². The van der Waals surface area contributed by atoms with Gasteiger partial charge in [-0.15, -0.1) is 0 Å². The molecule has 5 heteroatoms. The molecule has 5 rings (SSSR count). The Balaban J connectivity index is 0.972. The number of amides is 1. The molecule has 4 aromatic rings. The summed E-state index contributed by atoms with van der Waals surface area (Å²) in [5.74, 6) is 0.172. The van der Waals surface area contributed by atoms with Gasteiger partial charge in [-0.2, -0.15) is 0 Å². The second kappa shape index (κ2) is 12.1. The number of aryl methyl sites for hydroxylation is 1. The summed E-state index contributed by atoms with van der Waals surface area (Å²) in [4.78, 5) is 20.5. The molecule has 0 unspecified atom stereocenters. The van der Waals surface area contributed by atoms with Crippen molar-refractivity contribution in [2.45, 2.75) is 70.6 Å². The van der Waals surface area contributed by atoms with Crippen LogP contribution in [0.4, 0.5) is 5.69 Å². The summed E-state index contributed by atoms with van der Waals surface area (Å²) in [6, 6.07) is 16.8. The fourth-order valence-electron chi connectivity index (χ4n) is 5.49. The van der Waals surface area contributed by atoms with Crippen LogP contribution in [0, 0.1) is 0 Å². The van der Waals surface area contributed by atoms with Crippen molar-refractivity contribution in [3.63, 3.8) is 0 Å². The van der Waals surface area contributed by atoms with Crippen LogP contribution in [0.15, 0.2) is 54.7 Å². The van der Waals surface area contributed by atoms with Crippen molar-refractivity contribution in [2.24, 2.45) is 0 Å². The van der Waals surface area contributed by atoms with Gasteiger partial charge in [-0.1, -0.05) is 55.7 Å². The van der Waals surface area contributed by atoms with E-state index in [2.05, 4.69) is 64.3 Å². The number of carbonyl (C=O) groups excluding carboxylic acids is 1. The molecule has 0 saturated carbocycles. The largest absolute Gasteiger partial charge is 0.384 e. The van der Waals surface area contributed by atoms with Crippen molar-refractivity contribution in [1.29, 1.82) is 0 Å². The van der Waals surface area contributed by atoms with E-state index in [0.29, 0.717) is 13.0 Å². The number of hydrogen-bond donors (Lipinski definition) is 3. The van der Waals surface area contributed by atoms with E-state index in [1.165, 1.54) is 59.0 Å². The first-order valence-corrected chi connectivity index (χ1v) is 13.8. The molecule has 188 valence electrons. The molecule has 2 heterocycles. The third kappa shape index (κ3) is 5.89. The van der Waals surface area contributed by atoms with E-state index in [4.69, 9.17) is 4.98 Å². The van der Waals surface area contributed by atoms with Crippen molar-refractivity contribution in [1.82, 2.24) is 15.3 Å². The SMILES string of the molecule is O=C(CCCCCCCNc1c2c(nc3ccccc13)CCCC2)NCCc1c[nH]c2ccccc12. The number of fused-ring (bicyclic) bond motifs is 3. The molecular formula is C31H38N4O. The van der Waals surface area contributed by atoms with Crippen LogP contribution in [-0.2, 0) is 24.1 Å². The third-order valence-corrected chi connectivity index (χ3v) is 7.44. The molecule has 0 radical (unpaired) electrons. The Kier molecular flexibility index (Phi) is 8.17. The molecule has 0 fully saturated rings. The Morgan fingerprint density at radius 2 is 1.64 bits per heavy atom. The zero-order chi connectivity index (χ0) is 24.6. The zero-order valence-corrected chi connectivity index (χ0v) is 21.2. The normalized spacial score (nSPS) is 13.1. The van der Waals surface area contributed by atoms with E-state index in [1.807, 2.05) is 6.07 Å². The first kappa shape index (κ1) is 24.4. The smallest absolute Gasteiger partial charge is 0.220 e. The minimum Gasteiger partial charge on any atom is -0.384 e. The Bertz CT molecular complexity index is 1310. The van der Waals surface area contributed by atoms with Crippen molar-refractivity contribution in [3.05, 3.63) is 71.5 Å². The highest BCUT2D eigenvalue weighted by Crippen LogP contribution is 2.33. The van der Waals surface area contributed by atoms with Crippen molar-refractivity contribution in [2.75, 3.05) is 18.4 Å². The molecule has 36 heavy (non-hydrogen) atoms. The van der Waals surface area contributed by atoms with E-state index in [1.54, 1.807) is 0 Å². The number of unbranched alkanes of at least 4 members (excludes halogenated alkanes) is 4. The predicted octanol–water partition coefficient (Wildman–Crippen LogP) is 6.71. The molecule has 0 spiro atoms. The van der Waals surface area contributed by atoms with Crippen LogP contribution in [0.3, 0.4) is 0 Å². The van der Waals surface area contributed by atoms with Gasteiger partial charge in [-0.25, -0.2) is 0 Å². The van der Waals surface area contributed by atoms with Crippen LogP contribution in [0.1, 0.15) is 68.2 Å². The van der Waals surface area contributed by atoms with Crippen LogP contribution in [-0.4, -0.2) is 29.0 Å². The second-order valence-corrected chi connectivity index (χ2v) is 10.0. The van der Waals surface area contributed by atoms with Crippen LogP contribution in [0.2, 0.25) is 0 Å². The van der Waals surface area contributed by atoms with E-state index in [0.717, 1.165) is 56.1 Å².